The van der Waals surface area contributed by atoms with Crippen molar-refractivity contribution in [3.63, 3.8) is 0 Å². The third-order valence-corrected chi connectivity index (χ3v) is 18.1. The van der Waals surface area contributed by atoms with Crippen molar-refractivity contribution in [2.75, 3.05) is 19.8 Å². The SMILES string of the molecule is CCCCCCCCCCCCCCCCC/C=C/CC/C=C/C(O)C(COC1OC(CO)C(OC2OC(CO)C(O)C(O)C2O)C(O)C1O)NC(=O)CCCCCCCCCCCCCCCCCCCCCCCCCCCCCCCCC. The van der Waals surface area contributed by atoms with Crippen LogP contribution >= 0.6 is 0 Å². The monoisotopic (exact) mass is 1220 g/mol. The summed E-state index contributed by atoms with van der Waals surface area (Å²) in [6.45, 7) is 2.84. The van der Waals surface area contributed by atoms with Gasteiger partial charge >= 0.3 is 0 Å². The van der Waals surface area contributed by atoms with E-state index in [9.17, 15) is 45.6 Å². The van der Waals surface area contributed by atoms with Crippen LogP contribution < -0.4 is 5.32 Å². The van der Waals surface area contributed by atoms with Gasteiger partial charge in [-0.05, 0) is 32.1 Å². The van der Waals surface area contributed by atoms with Gasteiger partial charge in [0.1, 0.15) is 48.8 Å². The second kappa shape index (κ2) is 57.4. The maximum atomic E-state index is 13.3. The summed E-state index contributed by atoms with van der Waals surface area (Å²) in [5.74, 6) is -0.241. The van der Waals surface area contributed by atoms with Crippen LogP contribution in [0.4, 0.5) is 0 Å². The van der Waals surface area contributed by atoms with Gasteiger partial charge in [-0.1, -0.05) is 321 Å². The van der Waals surface area contributed by atoms with E-state index in [-0.39, 0.29) is 18.9 Å². The largest absolute Gasteiger partial charge is 0.394 e. The maximum absolute atomic E-state index is 13.3. The molecular weight excluding hydrogens is 1090 g/mol. The minimum atomic E-state index is -1.79. The summed E-state index contributed by atoms with van der Waals surface area (Å²) in [6.07, 6.45) is 55.4. The van der Waals surface area contributed by atoms with Crippen molar-refractivity contribution in [2.45, 2.75) is 408 Å². The average Bonchev–Trinajstić information content (AvgIpc) is 2.54. The van der Waals surface area contributed by atoms with Gasteiger partial charge in [0.05, 0.1) is 32.0 Å². The first-order valence-electron chi connectivity index (χ1n) is 36.6. The highest BCUT2D eigenvalue weighted by Crippen LogP contribution is 2.30. The lowest BCUT2D eigenvalue weighted by atomic mass is 9.97. The molecular formula is C72H137NO13. The fourth-order valence-corrected chi connectivity index (χ4v) is 12.3. The molecule has 12 atom stereocenters. The van der Waals surface area contributed by atoms with Gasteiger partial charge in [0.25, 0.3) is 0 Å². The lowest BCUT2D eigenvalue weighted by molar-refractivity contribution is -0.359. The molecule has 0 radical (unpaired) electrons. The Kier molecular flexibility index (Phi) is 53.7. The molecule has 14 nitrogen and oxygen atoms in total. The van der Waals surface area contributed by atoms with Crippen LogP contribution in [0.5, 0.6) is 0 Å². The zero-order chi connectivity index (χ0) is 62.3. The van der Waals surface area contributed by atoms with E-state index in [0.29, 0.717) is 12.8 Å². The predicted molar refractivity (Wildman–Crippen MR) is 351 cm³/mol. The molecule has 2 aliphatic heterocycles. The van der Waals surface area contributed by atoms with E-state index in [0.717, 1.165) is 32.1 Å². The zero-order valence-corrected chi connectivity index (χ0v) is 55.3. The van der Waals surface area contributed by atoms with E-state index in [4.69, 9.17) is 18.9 Å². The molecule has 2 aliphatic rings. The zero-order valence-electron chi connectivity index (χ0n) is 55.3. The lowest BCUT2D eigenvalue weighted by Gasteiger charge is -2.46. The Balaban J connectivity index is 1.65. The Morgan fingerprint density at radius 3 is 1.14 bits per heavy atom. The number of unbranched alkanes of at least 4 members (excludes halogenated alkanes) is 46. The van der Waals surface area contributed by atoms with Gasteiger partial charge in [-0.2, -0.15) is 0 Å². The van der Waals surface area contributed by atoms with E-state index in [1.165, 1.54) is 270 Å². The van der Waals surface area contributed by atoms with Crippen molar-refractivity contribution in [3.05, 3.63) is 24.3 Å². The van der Waals surface area contributed by atoms with Crippen LogP contribution in [0.15, 0.2) is 24.3 Å². The minimum Gasteiger partial charge on any atom is -0.394 e. The van der Waals surface area contributed by atoms with Crippen molar-refractivity contribution >= 4 is 5.91 Å². The molecule has 2 heterocycles. The number of aliphatic hydroxyl groups excluding tert-OH is 8. The van der Waals surface area contributed by atoms with E-state index in [1.807, 2.05) is 6.08 Å². The second-order valence-electron chi connectivity index (χ2n) is 26.1. The summed E-state index contributed by atoms with van der Waals surface area (Å²) >= 11 is 0. The molecule has 0 aromatic rings. The summed E-state index contributed by atoms with van der Waals surface area (Å²) in [6, 6.07) is -0.929. The molecule has 12 unspecified atom stereocenters. The number of hydrogen-bond acceptors (Lipinski definition) is 13. The van der Waals surface area contributed by atoms with Crippen molar-refractivity contribution in [3.8, 4) is 0 Å². The standard InChI is InChI=1S/C72H137NO13/c1-3-5-7-9-11-13-15-17-19-21-23-25-26-27-28-29-30-31-32-33-34-36-38-40-42-44-46-48-50-52-54-56-64(77)73-60(61(76)55-53-51-49-47-45-43-41-39-37-35-24-22-20-18-16-14-12-10-8-6-4-2)59-83-71-69(82)67(80)70(63(58-75)85-71)86-72-68(81)66(79)65(78)62(57-74)84-72/h45,47,53,55,60-63,65-72,74-76,78-82H,3-44,46,48-52,54,56-59H2,1-2H3,(H,73,77)/b47-45+,55-53+. The van der Waals surface area contributed by atoms with Crippen molar-refractivity contribution in [2.24, 2.45) is 0 Å². The molecule has 2 rings (SSSR count). The third kappa shape index (κ3) is 41.1. The van der Waals surface area contributed by atoms with Crippen LogP contribution in [0.3, 0.4) is 0 Å². The van der Waals surface area contributed by atoms with E-state index in [2.05, 4.69) is 31.3 Å². The Hall–Kier alpha value is -1.53. The minimum absolute atomic E-state index is 0.241. The number of aliphatic hydroxyl groups is 8. The first kappa shape index (κ1) is 80.6. The van der Waals surface area contributed by atoms with Crippen LogP contribution in [0, 0.1) is 0 Å². The number of amides is 1. The fourth-order valence-electron chi connectivity index (χ4n) is 12.3. The highest BCUT2D eigenvalue weighted by atomic mass is 16.7. The van der Waals surface area contributed by atoms with Gasteiger partial charge in [0, 0.05) is 6.42 Å². The van der Waals surface area contributed by atoms with Gasteiger partial charge in [-0.3, -0.25) is 4.79 Å². The lowest BCUT2D eigenvalue weighted by Crippen LogP contribution is -2.65. The van der Waals surface area contributed by atoms with Crippen LogP contribution in [0.25, 0.3) is 0 Å². The smallest absolute Gasteiger partial charge is 0.220 e. The Morgan fingerprint density at radius 2 is 0.744 bits per heavy atom. The Bertz CT molecular complexity index is 1540. The molecule has 0 aromatic heterocycles. The van der Waals surface area contributed by atoms with Crippen LogP contribution in [-0.2, 0) is 23.7 Å². The van der Waals surface area contributed by atoms with Gasteiger partial charge in [-0.15, -0.1) is 0 Å². The molecule has 1 amide bonds. The highest BCUT2D eigenvalue weighted by Gasteiger charge is 2.51. The van der Waals surface area contributed by atoms with E-state index in [1.54, 1.807) is 6.08 Å². The third-order valence-electron chi connectivity index (χ3n) is 18.1. The van der Waals surface area contributed by atoms with Crippen LogP contribution in [-0.4, -0.2) is 140 Å². The normalized spacial score (nSPS) is 23.5. The molecule has 0 aliphatic carbocycles. The Morgan fingerprint density at radius 1 is 0.407 bits per heavy atom. The second-order valence-corrected chi connectivity index (χ2v) is 26.1. The van der Waals surface area contributed by atoms with Crippen LogP contribution in [0.1, 0.15) is 335 Å². The summed E-state index contributed by atoms with van der Waals surface area (Å²) in [7, 11) is 0. The molecule has 0 saturated carbocycles. The molecule has 0 aromatic carbocycles. The molecule has 2 saturated heterocycles. The molecule has 2 fully saturated rings. The van der Waals surface area contributed by atoms with E-state index < -0.39 is 86.8 Å². The summed E-state index contributed by atoms with van der Waals surface area (Å²) in [5.41, 5.74) is 0. The number of ether oxygens (including phenoxy) is 4. The highest BCUT2D eigenvalue weighted by molar-refractivity contribution is 5.76. The number of hydrogen-bond donors (Lipinski definition) is 9. The maximum Gasteiger partial charge on any atom is 0.220 e. The quantitative estimate of drug-likeness (QED) is 0.0204. The van der Waals surface area contributed by atoms with Crippen molar-refractivity contribution in [1.82, 2.24) is 5.32 Å². The van der Waals surface area contributed by atoms with Gasteiger partial charge in [-0.25, -0.2) is 0 Å². The number of rotatable bonds is 61. The molecule has 0 spiro atoms. The number of allylic oxidation sites excluding steroid dienone is 3. The number of nitrogens with one attached hydrogen (secondary N) is 1. The van der Waals surface area contributed by atoms with E-state index >= 15 is 0 Å². The van der Waals surface area contributed by atoms with Crippen LogP contribution in [0.2, 0.25) is 0 Å². The van der Waals surface area contributed by atoms with Gasteiger partial charge < -0.3 is 65.1 Å². The predicted octanol–water partition coefficient (Wildman–Crippen LogP) is 15.1. The molecule has 508 valence electrons. The Labute approximate surface area is 526 Å². The fraction of sp³-hybridized carbons (Fsp3) is 0.931. The van der Waals surface area contributed by atoms with Crippen molar-refractivity contribution < 1.29 is 64.6 Å². The van der Waals surface area contributed by atoms with Crippen molar-refractivity contribution in [1.29, 1.82) is 0 Å². The number of carbonyl (C=O) groups excluding carboxylic acids is 1. The van der Waals surface area contributed by atoms with Gasteiger partial charge in [0.15, 0.2) is 12.6 Å². The first-order valence-corrected chi connectivity index (χ1v) is 36.6. The average molecular weight is 1220 g/mol. The van der Waals surface area contributed by atoms with Gasteiger partial charge in [0.2, 0.25) is 5.91 Å². The first-order chi connectivity index (χ1) is 42.1. The number of carbonyl (C=O) groups is 1. The molecule has 14 heteroatoms. The molecule has 9 N–H and O–H groups in total. The molecule has 0 bridgehead atoms. The summed E-state index contributed by atoms with van der Waals surface area (Å²) in [5, 5.41) is 87.4. The topological polar surface area (TPSA) is 228 Å². The summed E-state index contributed by atoms with van der Waals surface area (Å²) in [4.78, 5) is 13.3. The molecule has 86 heavy (non-hydrogen) atoms. The summed E-state index contributed by atoms with van der Waals surface area (Å²) < 4.78 is 22.9.